The first-order valence-electron chi connectivity index (χ1n) is 5.71. The molecular formula is C15H12N2O. The van der Waals surface area contributed by atoms with E-state index in [9.17, 15) is 0 Å². The molecule has 18 heavy (non-hydrogen) atoms. The van der Waals surface area contributed by atoms with Crippen molar-refractivity contribution in [1.29, 1.82) is 0 Å². The topological polar surface area (TPSA) is 52.0 Å². The lowest BCUT2D eigenvalue weighted by Gasteiger charge is -2.06. The smallest absolute Gasteiger partial charge is 0.222 e. The van der Waals surface area contributed by atoms with Crippen molar-refractivity contribution in [2.24, 2.45) is 0 Å². The van der Waals surface area contributed by atoms with Gasteiger partial charge in [0.15, 0.2) is 0 Å². The second-order valence-corrected chi connectivity index (χ2v) is 4.03. The molecule has 0 bridgehead atoms. The largest absolute Gasteiger partial charge is 0.368 e. The van der Waals surface area contributed by atoms with Crippen LogP contribution in [0.3, 0.4) is 0 Å². The van der Waals surface area contributed by atoms with Gasteiger partial charge in [0, 0.05) is 11.6 Å². The molecule has 0 atom stereocenters. The molecule has 0 spiro atoms. The van der Waals surface area contributed by atoms with Crippen LogP contribution in [-0.2, 0) is 0 Å². The third-order valence-corrected chi connectivity index (χ3v) is 2.82. The second kappa shape index (κ2) is 4.37. The van der Waals surface area contributed by atoms with Crippen molar-refractivity contribution in [1.82, 2.24) is 5.16 Å². The Morgan fingerprint density at radius 3 is 2.17 bits per heavy atom. The van der Waals surface area contributed by atoms with E-state index < -0.39 is 0 Å². The number of anilines is 1. The Labute approximate surface area is 105 Å². The van der Waals surface area contributed by atoms with E-state index in [0.717, 1.165) is 22.4 Å². The molecule has 0 saturated carbocycles. The zero-order valence-corrected chi connectivity index (χ0v) is 9.71. The molecule has 88 valence electrons. The predicted octanol–water partition coefficient (Wildman–Crippen LogP) is 3.59. The molecule has 3 heteroatoms. The molecule has 0 fully saturated rings. The third-order valence-electron chi connectivity index (χ3n) is 2.82. The summed E-state index contributed by atoms with van der Waals surface area (Å²) in [5, 5.41) is 3.97. The summed E-state index contributed by atoms with van der Waals surface area (Å²) in [6.45, 7) is 0. The number of rotatable bonds is 2. The molecule has 0 saturated heterocycles. The number of hydrogen-bond donors (Lipinski definition) is 1. The normalized spacial score (nSPS) is 10.4. The summed E-state index contributed by atoms with van der Waals surface area (Å²) in [5.41, 5.74) is 9.61. The van der Waals surface area contributed by atoms with Gasteiger partial charge in [0.05, 0.1) is 0 Å². The lowest BCUT2D eigenvalue weighted by atomic mass is 9.98. The van der Waals surface area contributed by atoms with Gasteiger partial charge in [0.25, 0.3) is 0 Å². The second-order valence-electron chi connectivity index (χ2n) is 4.03. The lowest BCUT2D eigenvalue weighted by molar-refractivity contribution is 0.439. The van der Waals surface area contributed by atoms with Crippen LogP contribution in [0.1, 0.15) is 0 Å². The Kier molecular flexibility index (Phi) is 2.57. The maximum atomic E-state index is 5.58. The van der Waals surface area contributed by atoms with Crippen LogP contribution >= 0.6 is 0 Å². The highest BCUT2D eigenvalue weighted by Crippen LogP contribution is 2.31. The fourth-order valence-electron chi connectivity index (χ4n) is 1.99. The predicted molar refractivity (Wildman–Crippen MR) is 71.8 cm³/mol. The lowest BCUT2D eigenvalue weighted by Crippen LogP contribution is -1.84. The summed E-state index contributed by atoms with van der Waals surface area (Å²) in [6.07, 6.45) is 0. The van der Waals surface area contributed by atoms with Crippen LogP contribution in [0.4, 0.5) is 5.88 Å². The van der Waals surface area contributed by atoms with Gasteiger partial charge < -0.3 is 10.3 Å². The van der Waals surface area contributed by atoms with E-state index in [-0.39, 0.29) is 0 Å². The van der Waals surface area contributed by atoms with Crippen molar-refractivity contribution < 1.29 is 4.52 Å². The van der Waals surface area contributed by atoms with E-state index in [1.165, 1.54) is 0 Å². The van der Waals surface area contributed by atoms with E-state index >= 15 is 0 Å². The maximum absolute atomic E-state index is 5.58. The third kappa shape index (κ3) is 1.86. The molecule has 0 aliphatic carbocycles. The molecule has 0 aliphatic heterocycles. The number of nitrogen functional groups attached to an aromatic ring is 1. The van der Waals surface area contributed by atoms with E-state index in [4.69, 9.17) is 10.3 Å². The number of nitrogens with two attached hydrogens (primary N) is 1. The Bertz CT molecular complexity index is 659. The highest BCUT2D eigenvalue weighted by atomic mass is 16.5. The Hall–Kier alpha value is -2.55. The van der Waals surface area contributed by atoms with Crippen LogP contribution in [0.5, 0.6) is 0 Å². The molecule has 1 heterocycles. The zero-order valence-electron chi connectivity index (χ0n) is 9.71. The van der Waals surface area contributed by atoms with Crippen LogP contribution in [0.25, 0.3) is 22.4 Å². The van der Waals surface area contributed by atoms with Gasteiger partial charge in [-0.2, -0.15) is 0 Å². The number of benzene rings is 2. The van der Waals surface area contributed by atoms with E-state index in [1.807, 2.05) is 36.4 Å². The van der Waals surface area contributed by atoms with Gasteiger partial charge in [-0.3, -0.25) is 0 Å². The van der Waals surface area contributed by atoms with Gasteiger partial charge in [-0.25, -0.2) is 0 Å². The first kappa shape index (κ1) is 10.6. The Morgan fingerprint density at radius 1 is 0.833 bits per heavy atom. The van der Waals surface area contributed by atoms with Crippen molar-refractivity contribution in [3.63, 3.8) is 0 Å². The molecular weight excluding hydrogens is 224 g/mol. The first-order chi connectivity index (χ1) is 8.84. The minimum Gasteiger partial charge on any atom is -0.368 e. The van der Waals surface area contributed by atoms with E-state index in [1.54, 1.807) is 6.07 Å². The minimum absolute atomic E-state index is 0.327. The van der Waals surface area contributed by atoms with Crippen LogP contribution in [0.15, 0.2) is 65.2 Å². The highest BCUT2D eigenvalue weighted by Gasteiger charge is 2.10. The van der Waals surface area contributed by atoms with Gasteiger partial charge in [0.2, 0.25) is 5.88 Å². The Balaban J connectivity index is 2.17. The maximum Gasteiger partial charge on any atom is 0.222 e. The molecule has 1 aromatic heterocycles. The van der Waals surface area contributed by atoms with Crippen LogP contribution in [0, 0.1) is 0 Å². The quantitative estimate of drug-likeness (QED) is 0.739. The van der Waals surface area contributed by atoms with E-state index in [2.05, 4.69) is 23.4 Å². The average Bonchev–Trinajstić information content (AvgIpc) is 2.86. The monoisotopic (exact) mass is 236 g/mol. The SMILES string of the molecule is Nc1cc(-c2ccccc2-c2ccccc2)no1. The molecule has 0 unspecified atom stereocenters. The molecule has 0 amide bonds. The zero-order chi connectivity index (χ0) is 12.4. The summed E-state index contributed by atoms with van der Waals surface area (Å²) in [6, 6.07) is 20.0. The first-order valence-corrected chi connectivity index (χ1v) is 5.71. The van der Waals surface area contributed by atoms with Gasteiger partial charge >= 0.3 is 0 Å². The van der Waals surface area contributed by atoms with Gasteiger partial charge in [-0.1, -0.05) is 59.8 Å². The summed E-state index contributed by atoms with van der Waals surface area (Å²) in [4.78, 5) is 0. The summed E-state index contributed by atoms with van der Waals surface area (Å²) >= 11 is 0. The molecule has 3 nitrogen and oxygen atoms in total. The van der Waals surface area contributed by atoms with Crippen LogP contribution < -0.4 is 5.73 Å². The van der Waals surface area contributed by atoms with Crippen molar-refractivity contribution in [3.05, 3.63) is 60.7 Å². The van der Waals surface area contributed by atoms with Crippen LogP contribution in [-0.4, -0.2) is 5.16 Å². The number of aromatic nitrogens is 1. The molecule has 0 radical (unpaired) electrons. The summed E-state index contributed by atoms with van der Waals surface area (Å²) in [5.74, 6) is 0.327. The molecule has 3 aromatic rings. The average molecular weight is 236 g/mol. The van der Waals surface area contributed by atoms with Gasteiger partial charge in [-0.05, 0) is 11.1 Å². The molecule has 0 aliphatic rings. The van der Waals surface area contributed by atoms with Gasteiger partial charge in [-0.15, -0.1) is 0 Å². The number of hydrogen-bond acceptors (Lipinski definition) is 3. The Morgan fingerprint density at radius 2 is 1.50 bits per heavy atom. The molecule has 2 N–H and O–H groups in total. The van der Waals surface area contributed by atoms with Gasteiger partial charge in [0.1, 0.15) is 5.69 Å². The fraction of sp³-hybridized carbons (Fsp3) is 0. The summed E-state index contributed by atoms with van der Waals surface area (Å²) in [7, 11) is 0. The van der Waals surface area contributed by atoms with Crippen molar-refractivity contribution in [2.45, 2.75) is 0 Å². The van der Waals surface area contributed by atoms with Crippen LogP contribution in [0.2, 0.25) is 0 Å². The molecule has 2 aromatic carbocycles. The van der Waals surface area contributed by atoms with Crippen molar-refractivity contribution in [3.8, 4) is 22.4 Å². The minimum atomic E-state index is 0.327. The molecule has 3 rings (SSSR count). The van der Waals surface area contributed by atoms with Crippen molar-refractivity contribution >= 4 is 5.88 Å². The van der Waals surface area contributed by atoms with E-state index in [0.29, 0.717) is 5.88 Å². The summed E-state index contributed by atoms with van der Waals surface area (Å²) < 4.78 is 4.94. The number of nitrogens with zero attached hydrogens (tertiary/aromatic N) is 1. The van der Waals surface area contributed by atoms with Crippen molar-refractivity contribution in [2.75, 3.05) is 5.73 Å². The standard InChI is InChI=1S/C15H12N2O/c16-15-10-14(17-18-15)13-9-5-4-8-12(13)11-6-2-1-3-7-11/h1-10H,16H2. The highest BCUT2D eigenvalue weighted by molar-refractivity contribution is 5.82. The fourth-order valence-corrected chi connectivity index (χ4v) is 1.99.